The molecular formula is C31H31N5O4. The van der Waals surface area contributed by atoms with E-state index in [0.717, 1.165) is 23.9 Å². The summed E-state index contributed by atoms with van der Waals surface area (Å²) in [6.45, 7) is 7.00. The normalized spacial score (nSPS) is 22.8. The molecule has 0 radical (unpaired) electrons. The molecule has 1 heterocycles. The predicted molar refractivity (Wildman–Crippen MR) is 153 cm³/mol. The molecule has 2 fully saturated rings. The van der Waals surface area contributed by atoms with Crippen molar-refractivity contribution in [3.8, 4) is 11.4 Å². The standard InChI is InChI=1S/C31H31N5O4/c1-30(2)21-14-15-31(30,3)26(17-21)35-29(38)20-8-13-24-25(16-20)34-27(33-24)18-4-9-22(10-5-18)32-28(37)19-6-11-23(12-7-19)36(39)40/h4-13,16,21,26H,14-15,17H2,1-3H3,(H,32,37)(H,33,34)(H,35,38). The van der Waals surface area contributed by atoms with Crippen molar-refractivity contribution in [2.45, 2.75) is 46.1 Å². The molecule has 6 rings (SSSR count). The number of hydrogen-bond donors (Lipinski definition) is 3. The van der Waals surface area contributed by atoms with E-state index in [-0.39, 0.29) is 34.4 Å². The van der Waals surface area contributed by atoms with Crippen LogP contribution in [0.3, 0.4) is 0 Å². The Morgan fingerprint density at radius 3 is 2.30 bits per heavy atom. The van der Waals surface area contributed by atoms with Gasteiger partial charge in [-0.2, -0.15) is 0 Å². The highest BCUT2D eigenvalue weighted by molar-refractivity contribution is 6.04. The quantitative estimate of drug-likeness (QED) is 0.195. The van der Waals surface area contributed by atoms with Crippen molar-refractivity contribution < 1.29 is 14.5 Å². The van der Waals surface area contributed by atoms with Crippen molar-refractivity contribution in [1.29, 1.82) is 0 Å². The molecule has 2 aliphatic rings. The maximum Gasteiger partial charge on any atom is 0.269 e. The van der Waals surface area contributed by atoms with Gasteiger partial charge in [-0.25, -0.2) is 4.98 Å². The summed E-state index contributed by atoms with van der Waals surface area (Å²) < 4.78 is 0. The van der Waals surface area contributed by atoms with E-state index >= 15 is 0 Å². The van der Waals surface area contributed by atoms with Gasteiger partial charge in [0.25, 0.3) is 17.5 Å². The van der Waals surface area contributed by atoms with Crippen LogP contribution >= 0.6 is 0 Å². The van der Waals surface area contributed by atoms with Crippen molar-refractivity contribution in [2.24, 2.45) is 16.7 Å². The maximum atomic E-state index is 13.2. The molecule has 3 atom stereocenters. The first-order valence-corrected chi connectivity index (χ1v) is 13.5. The summed E-state index contributed by atoms with van der Waals surface area (Å²) in [6, 6.07) is 18.4. The number of nitrogens with zero attached hydrogens (tertiary/aromatic N) is 2. The number of imidazole rings is 1. The average molecular weight is 538 g/mol. The molecule has 3 aromatic carbocycles. The number of aromatic amines is 1. The van der Waals surface area contributed by atoms with Crippen LogP contribution in [0.15, 0.2) is 66.7 Å². The van der Waals surface area contributed by atoms with Gasteiger partial charge in [-0.15, -0.1) is 0 Å². The zero-order valence-electron chi connectivity index (χ0n) is 22.7. The Labute approximate surface area is 231 Å². The van der Waals surface area contributed by atoms with E-state index in [1.54, 1.807) is 12.1 Å². The van der Waals surface area contributed by atoms with Crippen LogP contribution in [0.2, 0.25) is 0 Å². The average Bonchev–Trinajstić information content (AvgIpc) is 3.52. The Bertz CT molecular complexity index is 1640. The number of anilines is 1. The van der Waals surface area contributed by atoms with Crippen LogP contribution in [0.5, 0.6) is 0 Å². The summed E-state index contributed by atoms with van der Waals surface area (Å²) in [5, 5.41) is 16.9. The van der Waals surface area contributed by atoms with Crippen LogP contribution in [0.25, 0.3) is 22.4 Å². The Hall–Kier alpha value is -4.53. The van der Waals surface area contributed by atoms with Gasteiger partial charge in [0.1, 0.15) is 5.82 Å². The maximum absolute atomic E-state index is 13.2. The minimum Gasteiger partial charge on any atom is -0.349 e. The second-order valence-corrected chi connectivity index (χ2v) is 11.8. The summed E-state index contributed by atoms with van der Waals surface area (Å²) in [6.07, 6.45) is 3.43. The fourth-order valence-corrected chi connectivity index (χ4v) is 6.60. The molecule has 9 nitrogen and oxygen atoms in total. The van der Waals surface area contributed by atoms with Crippen LogP contribution in [0.4, 0.5) is 11.4 Å². The van der Waals surface area contributed by atoms with E-state index < -0.39 is 4.92 Å². The number of aromatic nitrogens is 2. The molecule has 9 heteroatoms. The lowest BCUT2D eigenvalue weighted by molar-refractivity contribution is -0.384. The van der Waals surface area contributed by atoms with Crippen LogP contribution < -0.4 is 10.6 Å². The SMILES string of the molecule is CC1(C)C2CCC1(C)C(NC(=O)c1ccc3[nH]c(-c4ccc(NC(=O)c5ccc([N+](=O)[O-])cc5)cc4)nc3c1)C2. The van der Waals surface area contributed by atoms with Gasteiger partial charge >= 0.3 is 0 Å². The molecule has 2 aliphatic carbocycles. The number of fused-ring (bicyclic) bond motifs is 3. The highest BCUT2D eigenvalue weighted by atomic mass is 16.6. The molecule has 0 saturated heterocycles. The molecule has 204 valence electrons. The molecule has 40 heavy (non-hydrogen) atoms. The van der Waals surface area contributed by atoms with E-state index in [4.69, 9.17) is 4.98 Å². The van der Waals surface area contributed by atoms with Crippen LogP contribution in [-0.2, 0) is 0 Å². The largest absolute Gasteiger partial charge is 0.349 e. The highest BCUT2D eigenvalue weighted by Gasteiger charge is 2.61. The number of nitro benzene ring substituents is 1. The van der Waals surface area contributed by atoms with Gasteiger partial charge < -0.3 is 15.6 Å². The number of H-pyrrole nitrogens is 1. The summed E-state index contributed by atoms with van der Waals surface area (Å²) in [7, 11) is 0. The second-order valence-electron chi connectivity index (χ2n) is 11.8. The van der Waals surface area contributed by atoms with Crippen LogP contribution in [0.1, 0.15) is 60.7 Å². The Morgan fingerprint density at radius 2 is 1.68 bits per heavy atom. The van der Waals surface area contributed by atoms with Crippen molar-refractivity contribution in [3.05, 3.63) is 88.0 Å². The van der Waals surface area contributed by atoms with Crippen LogP contribution in [0, 0.1) is 26.9 Å². The van der Waals surface area contributed by atoms with Crippen molar-refractivity contribution in [2.75, 3.05) is 5.32 Å². The van der Waals surface area contributed by atoms with Crippen LogP contribution in [-0.4, -0.2) is 32.7 Å². The fraction of sp³-hybridized carbons (Fsp3) is 0.323. The van der Waals surface area contributed by atoms with Crippen molar-refractivity contribution >= 4 is 34.2 Å². The molecule has 3 N–H and O–H groups in total. The van der Waals surface area contributed by atoms with E-state index in [0.29, 0.717) is 34.1 Å². The molecule has 0 aliphatic heterocycles. The number of carbonyl (C=O) groups excluding carboxylic acids is 2. The van der Waals surface area contributed by atoms with Gasteiger partial charge in [-0.05, 0) is 90.6 Å². The Kier molecular flexibility index (Phi) is 5.98. The lowest BCUT2D eigenvalue weighted by atomic mass is 9.69. The lowest BCUT2D eigenvalue weighted by Gasteiger charge is -2.39. The molecular weight excluding hydrogens is 506 g/mol. The molecule has 1 aromatic heterocycles. The molecule has 3 unspecified atom stereocenters. The first-order chi connectivity index (χ1) is 19.0. The molecule has 0 spiro atoms. The fourth-order valence-electron chi connectivity index (χ4n) is 6.60. The third kappa shape index (κ3) is 4.22. The third-order valence-corrected chi connectivity index (χ3v) is 9.60. The number of carbonyl (C=O) groups is 2. The van der Waals surface area contributed by atoms with Gasteiger partial charge in [0.15, 0.2) is 0 Å². The number of non-ortho nitro benzene ring substituents is 1. The highest BCUT2D eigenvalue weighted by Crippen LogP contribution is 2.65. The summed E-state index contributed by atoms with van der Waals surface area (Å²) in [5.74, 6) is 0.888. The van der Waals surface area contributed by atoms with Gasteiger partial charge in [-0.1, -0.05) is 20.8 Å². The van der Waals surface area contributed by atoms with Gasteiger partial charge in [0.2, 0.25) is 0 Å². The minimum atomic E-state index is -0.506. The number of benzene rings is 3. The monoisotopic (exact) mass is 537 g/mol. The molecule has 4 aromatic rings. The Morgan fingerprint density at radius 1 is 0.975 bits per heavy atom. The van der Waals surface area contributed by atoms with Gasteiger partial charge in [0, 0.05) is 40.6 Å². The minimum absolute atomic E-state index is 0.0610. The summed E-state index contributed by atoms with van der Waals surface area (Å²) in [5.41, 5.74) is 4.14. The zero-order chi connectivity index (χ0) is 28.2. The van der Waals surface area contributed by atoms with Crippen molar-refractivity contribution in [1.82, 2.24) is 15.3 Å². The molecule has 2 bridgehead atoms. The van der Waals surface area contributed by atoms with Gasteiger partial charge in [-0.3, -0.25) is 19.7 Å². The molecule has 2 saturated carbocycles. The Balaban J connectivity index is 1.14. The van der Waals surface area contributed by atoms with Gasteiger partial charge in [0.05, 0.1) is 16.0 Å². The topological polar surface area (TPSA) is 130 Å². The number of amides is 2. The van der Waals surface area contributed by atoms with E-state index in [9.17, 15) is 19.7 Å². The van der Waals surface area contributed by atoms with E-state index in [1.807, 2.05) is 30.3 Å². The van der Waals surface area contributed by atoms with E-state index in [2.05, 4.69) is 36.4 Å². The third-order valence-electron chi connectivity index (χ3n) is 9.60. The first-order valence-electron chi connectivity index (χ1n) is 13.5. The van der Waals surface area contributed by atoms with E-state index in [1.165, 1.54) is 30.7 Å². The number of rotatable bonds is 6. The number of nitro groups is 1. The second kappa shape index (κ2) is 9.29. The summed E-state index contributed by atoms with van der Waals surface area (Å²) in [4.78, 5) is 44.1. The zero-order valence-corrected chi connectivity index (χ0v) is 22.7. The van der Waals surface area contributed by atoms with Crippen molar-refractivity contribution in [3.63, 3.8) is 0 Å². The lowest BCUT2D eigenvalue weighted by Crippen LogP contribution is -2.46. The predicted octanol–water partition coefficient (Wildman–Crippen LogP) is 6.34. The molecule has 2 amide bonds. The summed E-state index contributed by atoms with van der Waals surface area (Å²) >= 11 is 0. The first kappa shape index (κ1) is 25.7. The smallest absolute Gasteiger partial charge is 0.269 e. The number of hydrogen-bond acceptors (Lipinski definition) is 5. The number of nitrogens with one attached hydrogen (secondary N) is 3.